The van der Waals surface area contributed by atoms with Gasteiger partial charge in [0.15, 0.2) is 5.69 Å². The van der Waals surface area contributed by atoms with Gasteiger partial charge in [-0.1, -0.05) is 12.8 Å². The highest BCUT2D eigenvalue weighted by molar-refractivity contribution is 5.95. The van der Waals surface area contributed by atoms with Crippen LogP contribution >= 0.6 is 0 Å². The number of nitriles is 1. The van der Waals surface area contributed by atoms with Crippen LogP contribution < -0.4 is 10.6 Å². The minimum Gasteiger partial charge on any atom is -0.464 e. The molecule has 0 radical (unpaired) electrons. The maximum Gasteiger partial charge on any atom is 0.357 e. The number of anilines is 2. The summed E-state index contributed by atoms with van der Waals surface area (Å²) in [6.07, 6.45) is 6.58. The van der Waals surface area contributed by atoms with E-state index in [1.807, 2.05) is 30.3 Å². The Kier molecular flexibility index (Phi) is 4.94. The van der Waals surface area contributed by atoms with Crippen molar-refractivity contribution < 1.29 is 9.53 Å². The first kappa shape index (κ1) is 16.9. The van der Waals surface area contributed by atoms with Crippen molar-refractivity contribution in [3.63, 3.8) is 0 Å². The van der Waals surface area contributed by atoms with Gasteiger partial charge in [0.1, 0.15) is 6.07 Å². The van der Waals surface area contributed by atoms with Crippen molar-refractivity contribution in [1.82, 2.24) is 4.57 Å². The van der Waals surface area contributed by atoms with Gasteiger partial charge in [0.25, 0.3) is 0 Å². The summed E-state index contributed by atoms with van der Waals surface area (Å²) in [5, 5.41) is 9.20. The Morgan fingerprint density at radius 1 is 1.12 bits per heavy atom. The number of ether oxygens (including phenoxy) is 1. The smallest absolute Gasteiger partial charge is 0.357 e. The van der Waals surface area contributed by atoms with Gasteiger partial charge in [0.05, 0.1) is 18.4 Å². The summed E-state index contributed by atoms with van der Waals surface area (Å²) >= 11 is 0. The van der Waals surface area contributed by atoms with Crippen molar-refractivity contribution in [2.75, 3.05) is 30.8 Å². The fourth-order valence-electron chi connectivity index (χ4n) is 3.27. The second kappa shape index (κ2) is 7.31. The van der Waals surface area contributed by atoms with Crippen LogP contribution in [0.1, 0.15) is 41.7 Å². The van der Waals surface area contributed by atoms with Crippen LogP contribution in [0.4, 0.5) is 11.4 Å². The summed E-state index contributed by atoms with van der Waals surface area (Å²) in [6.45, 7) is 2.14. The lowest BCUT2D eigenvalue weighted by Gasteiger charge is -2.23. The van der Waals surface area contributed by atoms with Crippen LogP contribution in [0.25, 0.3) is 5.69 Å². The minimum atomic E-state index is -0.560. The fourth-order valence-corrected chi connectivity index (χ4v) is 3.27. The molecule has 0 amide bonds. The minimum absolute atomic E-state index is 0.144. The molecule has 1 saturated heterocycles. The Morgan fingerprint density at radius 2 is 1.72 bits per heavy atom. The molecule has 1 aliphatic rings. The maximum absolute atomic E-state index is 12.1. The highest BCUT2D eigenvalue weighted by atomic mass is 16.5. The number of hydrogen-bond acceptors (Lipinski definition) is 5. The van der Waals surface area contributed by atoms with Crippen LogP contribution in [0.3, 0.4) is 0 Å². The summed E-state index contributed by atoms with van der Waals surface area (Å²) in [5.41, 5.74) is 8.47. The lowest BCUT2D eigenvalue weighted by molar-refractivity contribution is 0.0593. The number of carbonyl (C=O) groups is 1. The first-order valence-electron chi connectivity index (χ1n) is 8.50. The molecule has 6 nitrogen and oxygen atoms in total. The fraction of sp³-hybridized carbons (Fsp3) is 0.368. The largest absolute Gasteiger partial charge is 0.464 e. The zero-order valence-electron chi connectivity index (χ0n) is 14.4. The van der Waals surface area contributed by atoms with E-state index < -0.39 is 5.97 Å². The van der Waals surface area contributed by atoms with Gasteiger partial charge in [0.2, 0.25) is 0 Å². The molecule has 6 heteroatoms. The van der Waals surface area contributed by atoms with Crippen LogP contribution in [0.15, 0.2) is 30.5 Å². The van der Waals surface area contributed by atoms with E-state index >= 15 is 0 Å². The molecule has 1 fully saturated rings. The van der Waals surface area contributed by atoms with Gasteiger partial charge in [-0.05, 0) is 37.1 Å². The quantitative estimate of drug-likeness (QED) is 0.869. The van der Waals surface area contributed by atoms with Crippen molar-refractivity contribution in [3.05, 3.63) is 41.7 Å². The molecule has 2 heterocycles. The average Bonchev–Trinajstić information content (AvgIpc) is 2.81. The van der Waals surface area contributed by atoms with Crippen LogP contribution in [0.2, 0.25) is 0 Å². The van der Waals surface area contributed by atoms with E-state index in [1.54, 1.807) is 10.8 Å². The standard InChI is InChI=1S/C19H22N4O2/c1-25-19(24)18-17(21)14(12-20)13-23(18)16-8-6-15(7-9-16)22-10-4-2-3-5-11-22/h6-9,13H,2-5,10-11,21H2,1H3. The maximum atomic E-state index is 12.1. The Hall–Kier alpha value is -2.94. The molecule has 1 aromatic heterocycles. The number of rotatable bonds is 3. The molecular weight excluding hydrogens is 316 g/mol. The Labute approximate surface area is 147 Å². The summed E-state index contributed by atoms with van der Waals surface area (Å²) in [5.74, 6) is -0.560. The molecule has 1 aliphatic heterocycles. The number of esters is 1. The monoisotopic (exact) mass is 338 g/mol. The van der Waals surface area contributed by atoms with E-state index in [4.69, 9.17) is 10.5 Å². The average molecular weight is 338 g/mol. The summed E-state index contributed by atoms with van der Waals surface area (Å²) < 4.78 is 6.43. The van der Waals surface area contributed by atoms with Gasteiger partial charge in [-0.25, -0.2) is 4.79 Å². The molecule has 1 aromatic carbocycles. The van der Waals surface area contributed by atoms with Gasteiger partial charge in [-0.3, -0.25) is 0 Å². The number of aromatic nitrogens is 1. The Balaban J connectivity index is 1.95. The number of methoxy groups -OCH3 is 1. The zero-order chi connectivity index (χ0) is 17.8. The first-order valence-corrected chi connectivity index (χ1v) is 8.50. The molecule has 2 N–H and O–H groups in total. The number of hydrogen-bond donors (Lipinski definition) is 1. The van der Waals surface area contributed by atoms with Gasteiger partial charge in [-0.15, -0.1) is 0 Å². The van der Waals surface area contributed by atoms with Gasteiger partial charge < -0.3 is 19.9 Å². The van der Waals surface area contributed by atoms with E-state index in [0.29, 0.717) is 0 Å². The highest BCUT2D eigenvalue weighted by Gasteiger charge is 2.21. The van der Waals surface area contributed by atoms with Crippen molar-refractivity contribution >= 4 is 17.3 Å². The Morgan fingerprint density at radius 3 is 2.28 bits per heavy atom. The molecule has 0 saturated carbocycles. The summed E-state index contributed by atoms with van der Waals surface area (Å²) in [7, 11) is 1.30. The third-order valence-electron chi connectivity index (χ3n) is 4.64. The molecular formula is C19H22N4O2. The number of nitrogens with zero attached hydrogens (tertiary/aromatic N) is 3. The van der Waals surface area contributed by atoms with E-state index in [9.17, 15) is 10.1 Å². The predicted octanol–water partition coefficient (Wildman–Crippen LogP) is 3.10. The van der Waals surface area contributed by atoms with Gasteiger partial charge in [0, 0.05) is 30.7 Å². The van der Waals surface area contributed by atoms with Crippen molar-refractivity contribution in [3.8, 4) is 11.8 Å². The normalized spacial score (nSPS) is 14.6. The molecule has 0 aliphatic carbocycles. The molecule has 3 rings (SSSR count). The number of nitrogens with two attached hydrogens (primary N) is 1. The van der Waals surface area contributed by atoms with Gasteiger partial charge >= 0.3 is 5.97 Å². The predicted molar refractivity (Wildman–Crippen MR) is 96.9 cm³/mol. The summed E-state index contributed by atoms with van der Waals surface area (Å²) in [6, 6.07) is 9.98. The number of nitrogen functional groups attached to an aromatic ring is 1. The van der Waals surface area contributed by atoms with Crippen molar-refractivity contribution in [2.45, 2.75) is 25.7 Å². The second-order valence-electron chi connectivity index (χ2n) is 6.20. The van der Waals surface area contributed by atoms with Crippen LogP contribution in [0.5, 0.6) is 0 Å². The molecule has 0 bridgehead atoms. The molecule has 2 aromatic rings. The van der Waals surface area contributed by atoms with E-state index in [1.165, 1.54) is 38.5 Å². The SMILES string of the molecule is COC(=O)c1c(N)c(C#N)cn1-c1ccc(N2CCCCCC2)cc1. The van der Waals surface area contributed by atoms with E-state index in [0.717, 1.165) is 18.8 Å². The second-order valence-corrected chi connectivity index (χ2v) is 6.20. The number of benzene rings is 1. The van der Waals surface area contributed by atoms with Gasteiger partial charge in [-0.2, -0.15) is 5.26 Å². The van der Waals surface area contributed by atoms with Crippen molar-refractivity contribution in [1.29, 1.82) is 5.26 Å². The van der Waals surface area contributed by atoms with Crippen LogP contribution in [-0.4, -0.2) is 30.7 Å². The number of carbonyl (C=O) groups excluding carboxylic acids is 1. The van der Waals surface area contributed by atoms with Crippen LogP contribution in [0, 0.1) is 11.3 Å². The molecule has 25 heavy (non-hydrogen) atoms. The Bertz CT molecular complexity index is 794. The third-order valence-corrected chi connectivity index (χ3v) is 4.64. The summed E-state index contributed by atoms with van der Waals surface area (Å²) in [4.78, 5) is 14.5. The first-order chi connectivity index (χ1) is 12.2. The molecule has 0 atom stereocenters. The van der Waals surface area contributed by atoms with Crippen LogP contribution in [-0.2, 0) is 4.74 Å². The lowest BCUT2D eigenvalue weighted by atomic mass is 10.2. The topological polar surface area (TPSA) is 84.3 Å². The van der Waals surface area contributed by atoms with E-state index in [2.05, 4.69) is 4.90 Å². The zero-order valence-corrected chi connectivity index (χ0v) is 14.4. The van der Waals surface area contributed by atoms with E-state index in [-0.39, 0.29) is 16.9 Å². The molecule has 130 valence electrons. The molecule has 0 unspecified atom stereocenters. The lowest BCUT2D eigenvalue weighted by Crippen LogP contribution is -2.23. The highest BCUT2D eigenvalue weighted by Crippen LogP contribution is 2.27. The van der Waals surface area contributed by atoms with Crippen molar-refractivity contribution in [2.24, 2.45) is 0 Å². The third kappa shape index (κ3) is 3.31. The molecule has 0 spiro atoms.